The van der Waals surface area contributed by atoms with Crippen LogP contribution in [0.25, 0.3) is 0 Å². The minimum atomic E-state index is -4.67. The molecule has 0 aliphatic heterocycles. The Hall–Kier alpha value is -0.630. The van der Waals surface area contributed by atoms with Gasteiger partial charge in [0.2, 0.25) is 0 Å². The zero-order valence-electron chi connectivity index (χ0n) is 5.35. The van der Waals surface area contributed by atoms with Gasteiger partial charge >= 0.3 is 10.4 Å². The van der Waals surface area contributed by atoms with Gasteiger partial charge in [-0.1, -0.05) is 6.08 Å². The van der Waals surface area contributed by atoms with Gasteiger partial charge in [0.05, 0.1) is 0 Å². The molecule has 62 valence electrons. The molecule has 0 unspecified atom stereocenters. The molecule has 0 aromatic rings. The molecule has 10 heavy (non-hydrogen) atoms. The number of nitrogens with two attached hydrogens (primary N) is 1. The van der Waals surface area contributed by atoms with Gasteiger partial charge in [0.15, 0.2) is 0 Å². The highest BCUT2D eigenvalue weighted by molar-refractivity contribution is 7.79. The van der Waals surface area contributed by atoms with E-state index in [4.69, 9.17) is 23.4 Å². The fourth-order valence-electron chi connectivity index (χ4n) is 0.0962. The lowest BCUT2D eigenvalue weighted by atomic mass is 10.7. The minimum Gasteiger partial charge on any atom is -0.332 e. The fourth-order valence-corrected chi connectivity index (χ4v) is 0.0962. The molecule has 0 fully saturated rings. The molecule has 0 saturated heterocycles. The van der Waals surface area contributed by atoms with Crippen LogP contribution in [-0.2, 0) is 10.4 Å². The molecule has 0 spiro atoms. The first-order valence-corrected chi connectivity index (χ1v) is 3.58. The van der Waals surface area contributed by atoms with E-state index >= 15 is 0 Å². The van der Waals surface area contributed by atoms with Crippen molar-refractivity contribution in [3.8, 4) is 0 Å². The summed E-state index contributed by atoms with van der Waals surface area (Å²) in [5, 5.41) is 0. The van der Waals surface area contributed by atoms with Crippen LogP contribution in [0.4, 0.5) is 0 Å². The van der Waals surface area contributed by atoms with Gasteiger partial charge in [0, 0.05) is 6.20 Å². The molecular formula is C3H10N2O4S. The van der Waals surface area contributed by atoms with E-state index in [0.717, 1.165) is 0 Å². The summed E-state index contributed by atoms with van der Waals surface area (Å²) < 4.78 is 31.6. The third kappa shape index (κ3) is 159. The van der Waals surface area contributed by atoms with E-state index in [0.29, 0.717) is 0 Å². The summed E-state index contributed by atoms with van der Waals surface area (Å²) in [7, 11) is -4.67. The van der Waals surface area contributed by atoms with Crippen molar-refractivity contribution in [2.45, 2.75) is 6.92 Å². The number of hydrazine groups is 1. The summed E-state index contributed by atoms with van der Waals surface area (Å²) in [5.74, 6) is 4.80. The van der Waals surface area contributed by atoms with Gasteiger partial charge in [-0.25, -0.2) is 0 Å². The maximum absolute atomic E-state index is 8.74. The van der Waals surface area contributed by atoms with Crippen LogP contribution in [0, 0.1) is 0 Å². The lowest BCUT2D eigenvalue weighted by Crippen LogP contribution is -2.12. The topological polar surface area (TPSA) is 113 Å². The molecule has 0 rings (SSSR count). The highest BCUT2D eigenvalue weighted by atomic mass is 32.3. The molecular weight excluding hydrogens is 160 g/mol. The van der Waals surface area contributed by atoms with Crippen LogP contribution in [0.2, 0.25) is 0 Å². The van der Waals surface area contributed by atoms with Crippen molar-refractivity contribution in [3.63, 3.8) is 0 Å². The Morgan fingerprint density at radius 2 is 1.80 bits per heavy atom. The second-order valence-corrected chi connectivity index (χ2v) is 2.01. The first-order valence-electron chi connectivity index (χ1n) is 2.19. The smallest absolute Gasteiger partial charge is 0.332 e. The number of hydrogen-bond donors (Lipinski definition) is 4. The van der Waals surface area contributed by atoms with Crippen molar-refractivity contribution in [1.82, 2.24) is 5.43 Å². The number of nitrogens with one attached hydrogen (secondary N) is 1. The standard InChI is InChI=1S/C3H8N2.H2O4S/c1-2-3-5-4;1-5(2,3)4/h2-3,5H,4H2,1H3;(H2,1,2,3,4). The van der Waals surface area contributed by atoms with Gasteiger partial charge < -0.3 is 5.43 Å². The zero-order chi connectivity index (χ0) is 8.62. The maximum Gasteiger partial charge on any atom is 0.394 e. The molecule has 6 nitrogen and oxygen atoms in total. The Kier molecular flexibility index (Phi) is 7.84. The number of allylic oxidation sites excluding steroid dienone is 1. The summed E-state index contributed by atoms with van der Waals surface area (Å²) in [4.78, 5) is 0. The Labute approximate surface area is 59.3 Å². The van der Waals surface area contributed by atoms with Crippen LogP contribution in [0.1, 0.15) is 6.92 Å². The largest absolute Gasteiger partial charge is 0.394 e. The summed E-state index contributed by atoms with van der Waals surface area (Å²) >= 11 is 0. The minimum absolute atomic E-state index is 1.65. The highest BCUT2D eigenvalue weighted by Gasteiger charge is 1.84. The van der Waals surface area contributed by atoms with E-state index < -0.39 is 10.4 Å². The molecule has 0 bridgehead atoms. The third-order valence-electron chi connectivity index (χ3n) is 0.263. The quantitative estimate of drug-likeness (QED) is 0.236. The predicted octanol–water partition coefficient (Wildman–Crippen LogP) is -0.669. The number of hydrogen-bond acceptors (Lipinski definition) is 4. The van der Waals surface area contributed by atoms with Gasteiger partial charge in [0.1, 0.15) is 0 Å². The Morgan fingerprint density at radius 1 is 1.50 bits per heavy atom. The molecule has 0 atom stereocenters. The SMILES string of the molecule is CC=CNN.O=S(=O)(O)O. The Bertz CT molecular complexity index is 165. The van der Waals surface area contributed by atoms with E-state index in [2.05, 4.69) is 5.43 Å². The van der Waals surface area contributed by atoms with Crippen LogP contribution in [0.3, 0.4) is 0 Å². The Balaban J connectivity index is 0. The maximum atomic E-state index is 8.74. The average molecular weight is 170 g/mol. The van der Waals surface area contributed by atoms with Crippen molar-refractivity contribution in [2.75, 3.05) is 0 Å². The zero-order valence-corrected chi connectivity index (χ0v) is 6.17. The van der Waals surface area contributed by atoms with Crippen molar-refractivity contribution in [2.24, 2.45) is 5.84 Å². The van der Waals surface area contributed by atoms with Gasteiger partial charge in [-0.3, -0.25) is 14.9 Å². The van der Waals surface area contributed by atoms with Gasteiger partial charge in [-0.05, 0) is 6.92 Å². The van der Waals surface area contributed by atoms with Crippen LogP contribution in [0.5, 0.6) is 0 Å². The Morgan fingerprint density at radius 3 is 1.80 bits per heavy atom. The van der Waals surface area contributed by atoms with Crippen molar-refractivity contribution in [3.05, 3.63) is 12.3 Å². The molecule has 0 amide bonds. The first kappa shape index (κ1) is 12.1. The van der Waals surface area contributed by atoms with E-state index in [1.165, 1.54) is 0 Å². The first-order chi connectivity index (χ1) is 4.41. The normalized spacial score (nSPS) is 10.4. The summed E-state index contributed by atoms with van der Waals surface area (Å²) in [6.07, 6.45) is 3.47. The van der Waals surface area contributed by atoms with Crippen molar-refractivity contribution in [1.29, 1.82) is 0 Å². The molecule has 0 aliphatic rings. The highest BCUT2D eigenvalue weighted by Crippen LogP contribution is 1.59. The van der Waals surface area contributed by atoms with E-state index in [1.54, 1.807) is 6.20 Å². The lowest BCUT2D eigenvalue weighted by Gasteiger charge is -1.76. The molecule has 0 heterocycles. The predicted molar refractivity (Wildman–Crippen MR) is 36.3 cm³/mol. The van der Waals surface area contributed by atoms with E-state index in [9.17, 15) is 0 Å². The molecule has 0 radical (unpaired) electrons. The van der Waals surface area contributed by atoms with Gasteiger partial charge in [-0.2, -0.15) is 8.42 Å². The van der Waals surface area contributed by atoms with Crippen molar-refractivity contribution >= 4 is 10.4 Å². The van der Waals surface area contributed by atoms with Crippen LogP contribution in [-0.4, -0.2) is 17.5 Å². The molecule has 0 aromatic heterocycles. The molecule has 0 aliphatic carbocycles. The fraction of sp³-hybridized carbons (Fsp3) is 0.333. The van der Waals surface area contributed by atoms with Gasteiger partial charge in [0.25, 0.3) is 0 Å². The molecule has 5 N–H and O–H groups in total. The third-order valence-corrected chi connectivity index (χ3v) is 0.263. The van der Waals surface area contributed by atoms with E-state index in [-0.39, 0.29) is 0 Å². The molecule has 0 aromatic carbocycles. The second-order valence-electron chi connectivity index (χ2n) is 1.11. The molecule has 0 saturated carbocycles. The number of rotatable bonds is 1. The van der Waals surface area contributed by atoms with Crippen molar-refractivity contribution < 1.29 is 17.5 Å². The summed E-state index contributed by atoms with van der Waals surface area (Å²) in [6.45, 7) is 1.89. The van der Waals surface area contributed by atoms with Crippen LogP contribution in [0.15, 0.2) is 12.3 Å². The lowest BCUT2D eigenvalue weighted by molar-refractivity contribution is 0.381. The second kappa shape index (κ2) is 6.49. The van der Waals surface area contributed by atoms with Gasteiger partial charge in [-0.15, -0.1) is 0 Å². The van der Waals surface area contributed by atoms with E-state index in [1.807, 2.05) is 13.0 Å². The van der Waals surface area contributed by atoms with Crippen LogP contribution < -0.4 is 11.3 Å². The van der Waals surface area contributed by atoms with Crippen LogP contribution >= 0.6 is 0 Å². The molecule has 7 heteroatoms. The summed E-state index contributed by atoms with van der Waals surface area (Å²) in [6, 6.07) is 0. The summed E-state index contributed by atoms with van der Waals surface area (Å²) in [5.41, 5.74) is 2.34. The monoisotopic (exact) mass is 170 g/mol. The average Bonchev–Trinajstić information content (AvgIpc) is 1.63.